The number of carbonyl (C=O) groups is 2. The van der Waals surface area contributed by atoms with E-state index in [0.717, 1.165) is 47.9 Å². The lowest BCUT2D eigenvalue weighted by molar-refractivity contribution is -0.143. The van der Waals surface area contributed by atoms with E-state index in [2.05, 4.69) is 5.32 Å². The molecular weight excluding hydrogens is 524 g/mol. The first kappa shape index (κ1) is 29.5. The largest absolute Gasteiger partial charge is 0.497 e. The van der Waals surface area contributed by atoms with Crippen LogP contribution in [0.2, 0.25) is 5.02 Å². The number of halogens is 1. The fourth-order valence-electron chi connectivity index (χ4n) is 5.28. The lowest BCUT2D eigenvalue weighted by atomic mass is 9.94. The number of carbonyl (C=O) groups excluding carboxylic acids is 2. The summed E-state index contributed by atoms with van der Waals surface area (Å²) < 4.78 is 11.4. The van der Waals surface area contributed by atoms with E-state index < -0.39 is 6.04 Å². The van der Waals surface area contributed by atoms with Gasteiger partial charge in [-0.3, -0.25) is 9.59 Å². The Morgan fingerprint density at radius 1 is 0.925 bits per heavy atom. The van der Waals surface area contributed by atoms with E-state index in [1.807, 2.05) is 80.6 Å². The van der Waals surface area contributed by atoms with Gasteiger partial charge >= 0.3 is 0 Å². The highest BCUT2D eigenvalue weighted by Gasteiger charge is 2.32. The number of hydrogen-bond donors (Lipinski definition) is 1. The van der Waals surface area contributed by atoms with Gasteiger partial charge in [-0.2, -0.15) is 0 Å². The van der Waals surface area contributed by atoms with Crippen LogP contribution in [0.15, 0.2) is 66.7 Å². The zero-order valence-corrected chi connectivity index (χ0v) is 24.4. The minimum Gasteiger partial charge on any atom is -0.497 e. The minimum absolute atomic E-state index is 0.129. The Morgan fingerprint density at radius 3 is 2.27 bits per heavy atom. The van der Waals surface area contributed by atoms with Crippen molar-refractivity contribution in [1.29, 1.82) is 0 Å². The Morgan fingerprint density at radius 2 is 1.60 bits per heavy atom. The number of nitrogens with one attached hydrogen (secondary N) is 1. The Kier molecular flexibility index (Phi) is 10.5. The first-order valence-corrected chi connectivity index (χ1v) is 14.4. The van der Waals surface area contributed by atoms with E-state index in [-0.39, 0.29) is 31.0 Å². The average Bonchev–Trinajstić information content (AvgIpc) is 2.97. The highest BCUT2D eigenvalue weighted by atomic mass is 35.5. The molecule has 0 aliphatic heterocycles. The molecule has 0 aromatic heterocycles. The van der Waals surface area contributed by atoms with Crippen molar-refractivity contribution >= 4 is 23.4 Å². The van der Waals surface area contributed by atoms with Crippen molar-refractivity contribution in [2.24, 2.45) is 0 Å². The second-order valence-electron chi connectivity index (χ2n) is 10.6. The monoisotopic (exact) mass is 562 g/mol. The smallest absolute Gasteiger partial charge is 0.261 e. The van der Waals surface area contributed by atoms with Crippen molar-refractivity contribution in [3.63, 3.8) is 0 Å². The number of amides is 2. The van der Waals surface area contributed by atoms with Gasteiger partial charge in [-0.25, -0.2) is 0 Å². The van der Waals surface area contributed by atoms with Crippen molar-refractivity contribution in [3.8, 4) is 11.5 Å². The second-order valence-corrected chi connectivity index (χ2v) is 11.0. The molecule has 4 rings (SSSR count). The summed E-state index contributed by atoms with van der Waals surface area (Å²) >= 11 is 6.33. The molecule has 0 bridgehead atoms. The second kappa shape index (κ2) is 14.2. The van der Waals surface area contributed by atoms with Crippen LogP contribution < -0.4 is 14.8 Å². The van der Waals surface area contributed by atoms with Crippen LogP contribution in [0.5, 0.6) is 11.5 Å². The van der Waals surface area contributed by atoms with Crippen molar-refractivity contribution in [2.45, 2.75) is 71.0 Å². The van der Waals surface area contributed by atoms with Crippen LogP contribution in [0, 0.1) is 13.8 Å². The highest BCUT2D eigenvalue weighted by molar-refractivity contribution is 6.32. The standard InChI is InChI=1S/C33H39ClN2O4/c1-23-17-29(18-24(2)32(23)34)40-22-31(37)36(21-26-13-10-16-28(19-26)39-3)30(20-25-11-6-4-7-12-25)33(38)35-27-14-8-5-9-15-27/h4,6-7,10-13,16-19,27,30H,5,8-9,14-15,20-22H2,1-3H3,(H,35,38)/t30-/m0/s1. The summed E-state index contributed by atoms with van der Waals surface area (Å²) in [6.45, 7) is 3.86. The summed E-state index contributed by atoms with van der Waals surface area (Å²) in [4.78, 5) is 29.4. The quantitative estimate of drug-likeness (QED) is 0.292. The molecule has 1 aliphatic carbocycles. The van der Waals surface area contributed by atoms with Gasteiger partial charge < -0.3 is 19.7 Å². The number of ether oxygens (including phenoxy) is 2. The number of rotatable bonds is 11. The minimum atomic E-state index is -0.708. The van der Waals surface area contributed by atoms with Gasteiger partial charge in [0.2, 0.25) is 5.91 Å². The first-order valence-electron chi connectivity index (χ1n) is 14.0. The van der Waals surface area contributed by atoms with Gasteiger partial charge in [0.1, 0.15) is 17.5 Å². The topological polar surface area (TPSA) is 67.9 Å². The fraction of sp³-hybridized carbons (Fsp3) is 0.394. The predicted molar refractivity (Wildman–Crippen MR) is 159 cm³/mol. The number of benzene rings is 3. The molecule has 1 saturated carbocycles. The predicted octanol–water partition coefficient (Wildman–Crippen LogP) is 6.43. The van der Waals surface area contributed by atoms with Gasteiger partial charge in [-0.15, -0.1) is 0 Å². The van der Waals surface area contributed by atoms with Crippen molar-refractivity contribution in [1.82, 2.24) is 10.2 Å². The zero-order chi connectivity index (χ0) is 28.5. The maximum Gasteiger partial charge on any atom is 0.261 e. The van der Waals surface area contributed by atoms with Crippen LogP contribution in [-0.2, 0) is 22.6 Å². The molecule has 3 aromatic carbocycles. The molecule has 3 aromatic rings. The van der Waals surface area contributed by atoms with Crippen LogP contribution in [-0.4, -0.2) is 42.5 Å². The Balaban J connectivity index is 1.63. The maximum atomic E-state index is 13.9. The molecule has 1 atom stereocenters. The molecule has 0 heterocycles. The fourth-order valence-corrected chi connectivity index (χ4v) is 5.39. The molecule has 0 unspecified atom stereocenters. The third kappa shape index (κ3) is 8.01. The third-order valence-electron chi connectivity index (χ3n) is 7.48. The van der Waals surface area contributed by atoms with Crippen molar-refractivity contribution in [3.05, 3.63) is 94.0 Å². The van der Waals surface area contributed by atoms with Crippen molar-refractivity contribution in [2.75, 3.05) is 13.7 Å². The average molecular weight is 563 g/mol. The lowest BCUT2D eigenvalue weighted by Gasteiger charge is -2.33. The molecular formula is C33H39ClN2O4. The van der Waals surface area contributed by atoms with E-state index in [0.29, 0.717) is 22.9 Å². The molecule has 0 saturated heterocycles. The van der Waals surface area contributed by atoms with E-state index in [9.17, 15) is 9.59 Å². The van der Waals surface area contributed by atoms with E-state index in [4.69, 9.17) is 21.1 Å². The van der Waals surface area contributed by atoms with Crippen LogP contribution in [0.4, 0.5) is 0 Å². The highest BCUT2D eigenvalue weighted by Crippen LogP contribution is 2.26. The summed E-state index contributed by atoms with van der Waals surface area (Å²) in [5.41, 5.74) is 3.62. The molecule has 2 amide bonds. The zero-order valence-electron chi connectivity index (χ0n) is 23.6. The van der Waals surface area contributed by atoms with Crippen molar-refractivity contribution < 1.29 is 19.1 Å². The molecule has 0 spiro atoms. The van der Waals surface area contributed by atoms with Gasteiger partial charge in [-0.1, -0.05) is 73.3 Å². The van der Waals surface area contributed by atoms with Gasteiger partial charge in [0, 0.05) is 24.0 Å². The Hall–Kier alpha value is -3.51. The first-order chi connectivity index (χ1) is 19.3. The van der Waals surface area contributed by atoms with Crippen LogP contribution >= 0.6 is 11.6 Å². The van der Waals surface area contributed by atoms with Crippen LogP contribution in [0.1, 0.15) is 54.4 Å². The summed E-state index contributed by atoms with van der Waals surface area (Å²) in [6, 6.07) is 20.5. The Labute approximate surface area is 242 Å². The van der Waals surface area contributed by atoms with E-state index in [1.165, 1.54) is 6.42 Å². The number of aryl methyl sites for hydroxylation is 2. The molecule has 0 radical (unpaired) electrons. The van der Waals surface area contributed by atoms with Crippen LogP contribution in [0.3, 0.4) is 0 Å². The summed E-state index contributed by atoms with van der Waals surface area (Å²) in [5.74, 6) is 0.859. The molecule has 212 valence electrons. The number of nitrogens with zero attached hydrogens (tertiary/aromatic N) is 1. The Bertz CT molecular complexity index is 1270. The van der Waals surface area contributed by atoms with E-state index >= 15 is 0 Å². The molecule has 1 aliphatic rings. The normalized spacial score (nSPS) is 14.3. The van der Waals surface area contributed by atoms with Crippen LogP contribution in [0.25, 0.3) is 0 Å². The van der Waals surface area contributed by atoms with Gasteiger partial charge in [-0.05, 0) is 73.2 Å². The molecule has 1 fully saturated rings. The number of methoxy groups -OCH3 is 1. The third-order valence-corrected chi connectivity index (χ3v) is 8.08. The summed E-state index contributed by atoms with van der Waals surface area (Å²) in [7, 11) is 1.61. The summed E-state index contributed by atoms with van der Waals surface area (Å²) in [6.07, 6.45) is 5.73. The summed E-state index contributed by atoms with van der Waals surface area (Å²) in [5, 5.41) is 3.95. The molecule has 1 N–H and O–H groups in total. The number of hydrogen-bond acceptors (Lipinski definition) is 4. The van der Waals surface area contributed by atoms with Gasteiger partial charge in [0.05, 0.1) is 7.11 Å². The van der Waals surface area contributed by atoms with E-state index in [1.54, 1.807) is 12.0 Å². The SMILES string of the molecule is COc1cccc(CN(C(=O)COc2cc(C)c(Cl)c(C)c2)[C@@H](Cc2ccccc2)C(=O)NC2CCCCC2)c1. The molecule has 40 heavy (non-hydrogen) atoms. The van der Waals surface area contributed by atoms with Gasteiger partial charge in [0.25, 0.3) is 5.91 Å². The molecule has 7 heteroatoms. The van der Waals surface area contributed by atoms with Gasteiger partial charge in [0.15, 0.2) is 6.61 Å². The maximum absolute atomic E-state index is 13.9. The lowest BCUT2D eigenvalue weighted by Crippen LogP contribution is -2.53. The molecule has 6 nitrogen and oxygen atoms in total.